The Morgan fingerprint density at radius 3 is 2.60 bits per heavy atom. The number of rotatable bonds is 4. The summed E-state index contributed by atoms with van der Waals surface area (Å²) in [7, 11) is 0. The van der Waals surface area contributed by atoms with Crippen molar-refractivity contribution in [2.75, 3.05) is 13.2 Å². The molecule has 1 aliphatic heterocycles. The third-order valence-electron chi connectivity index (χ3n) is 3.28. The number of ether oxygens (including phenoxy) is 2. The Kier molecular flexibility index (Phi) is 5.00. The zero-order valence-corrected chi connectivity index (χ0v) is 12.5. The monoisotopic (exact) mass is 281 g/mol. The van der Waals surface area contributed by atoms with Gasteiger partial charge in [0, 0.05) is 24.9 Å². The van der Waals surface area contributed by atoms with E-state index in [2.05, 4.69) is 26.1 Å². The van der Waals surface area contributed by atoms with Gasteiger partial charge in [-0.1, -0.05) is 6.07 Å². The Bertz CT molecular complexity index is 437. The molecule has 0 aromatic heterocycles. The second-order valence-corrected chi connectivity index (χ2v) is 6.30. The molecule has 1 saturated heterocycles. The molecule has 2 rings (SSSR count). The normalized spacial score (nSPS) is 17.2. The first-order valence-corrected chi connectivity index (χ1v) is 7.22. The van der Waals surface area contributed by atoms with E-state index in [1.807, 2.05) is 6.07 Å². The van der Waals surface area contributed by atoms with Gasteiger partial charge in [-0.3, -0.25) is 0 Å². The van der Waals surface area contributed by atoms with Gasteiger partial charge in [-0.25, -0.2) is 4.39 Å². The van der Waals surface area contributed by atoms with E-state index in [9.17, 15) is 4.39 Å². The molecule has 1 fully saturated rings. The van der Waals surface area contributed by atoms with Gasteiger partial charge in [-0.15, -0.1) is 0 Å². The summed E-state index contributed by atoms with van der Waals surface area (Å²) in [5.74, 6) is 0.0566. The van der Waals surface area contributed by atoms with Crippen LogP contribution in [0.15, 0.2) is 18.2 Å². The minimum absolute atomic E-state index is 0.0216. The highest BCUT2D eigenvalue weighted by molar-refractivity contribution is 5.29. The molecular formula is C16H24FNO2. The van der Waals surface area contributed by atoms with E-state index in [0.717, 1.165) is 18.4 Å². The van der Waals surface area contributed by atoms with E-state index < -0.39 is 0 Å². The summed E-state index contributed by atoms with van der Waals surface area (Å²) >= 11 is 0. The third kappa shape index (κ3) is 4.76. The van der Waals surface area contributed by atoms with Crippen molar-refractivity contribution in [3.05, 3.63) is 29.6 Å². The molecule has 1 heterocycles. The van der Waals surface area contributed by atoms with Gasteiger partial charge in [0.05, 0.1) is 13.2 Å². The van der Waals surface area contributed by atoms with Crippen LogP contribution in [0.2, 0.25) is 0 Å². The Morgan fingerprint density at radius 1 is 1.30 bits per heavy atom. The number of benzene rings is 1. The molecule has 4 heteroatoms. The summed E-state index contributed by atoms with van der Waals surface area (Å²) in [4.78, 5) is 0. The number of halogens is 1. The van der Waals surface area contributed by atoms with Crippen molar-refractivity contribution >= 4 is 0 Å². The van der Waals surface area contributed by atoms with Gasteiger partial charge in [0.2, 0.25) is 0 Å². The highest BCUT2D eigenvalue weighted by Gasteiger charge is 2.17. The molecule has 0 unspecified atom stereocenters. The fourth-order valence-corrected chi connectivity index (χ4v) is 2.09. The quantitative estimate of drug-likeness (QED) is 0.919. The summed E-state index contributed by atoms with van der Waals surface area (Å²) in [6.45, 7) is 8.31. The second-order valence-electron chi connectivity index (χ2n) is 6.30. The van der Waals surface area contributed by atoms with Crippen LogP contribution in [0.4, 0.5) is 4.39 Å². The topological polar surface area (TPSA) is 30.5 Å². The zero-order chi connectivity index (χ0) is 14.6. The standard InChI is InChI=1S/C16H24FNO2/c1-16(2,3)18-11-12-4-5-15(14(17)10-12)20-13-6-8-19-9-7-13/h4-5,10,13,18H,6-9,11H2,1-3H3. The predicted octanol–water partition coefficient (Wildman–Crippen LogP) is 3.27. The first kappa shape index (κ1) is 15.3. The summed E-state index contributed by atoms with van der Waals surface area (Å²) in [5, 5.41) is 3.34. The van der Waals surface area contributed by atoms with Crippen LogP contribution in [0.5, 0.6) is 5.75 Å². The summed E-state index contributed by atoms with van der Waals surface area (Å²) in [6.07, 6.45) is 1.72. The zero-order valence-electron chi connectivity index (χ0n) is 12.5. The largest absolute Gasteiger partial charge is 0.487 e. The molecule has 20 heavy (non-hydrogen) atoms. The molecule has 1 aliphatic rings. The molecule has 1 aromatic carbocycles. The number of nitrogens with one attached hydrogen (secondary N) is 1. The molecule has 1 N–H and O–H groups in total. The lowest BCUT2D eigenvalue weighted by Crippen LogP contribution is -2.35. The molecule has 0 saturated carbocycles. The molecule has 112 valence electrons. The van der Waals surface area contributed by atoms with Gasteiger partial charge in [0.15, 0.2) is 11.6 Å². The Balaban J connectivity index is 1.94. The molecular weight excluding hydrogens is 257 g/mol. The fraction of sp³-hybridized carbons (Fsp3) is 0.625. The fourth-order valence-electron chi connectivity index (χ4n) is 2.09. The van der Waals surface area contributed by atoms with Crippen molar-refractivity contribution in [3.63, 3.8) is 0 Å². The van der Waals surface area contributed by atoms with Crippen LogP contribution in [0.1, 0.15) is 39.2 Å². The van der Waals surface area contributed by atoms with Crippen LogP contribution in [0.3, 0.4) is 0 Å². The van der Waals surface area contributed by atoms with Crippen LogP contribution in [0, 0.1) is 5.82 Å². The third-order valence-corrected chi connectivity index (χ3v) is 3.28. The van der Waals surface area contributed by atoms with Crippen molar-refractivity contribution < 1.29 is 13.9 Å². The van der Waals surface area contributed by atoms with E-state index in [0.29, 0.717) is 25.5 Å². The van der Waals surface area contributed by atoms with Gasteiger partial charge in [-0.2, -0.15) is 0 Å². The van der Waals surface area contributed by atoms with E-state index in [4.69, 9.17) is 9.47 Å². The van der Waals surface area contributed by atoms with Crippen LogP contribution < -0.4 is 10.1 Å². The molecule has 0 radical (unpaired) electrons. The van der Waals surface area contributed by atoms with E-state index in [1.54, 1.807) is 12.1 Å². The first-order chi connectivity index (χ1) is 9.44. The minimum atomic E-state index is -0.287. The van der Waals surface area contributed by atoms with Crippen molar-refractivity contribution in [1.29, 1.82) is 0 Å². The van der Waals surface area contributed by atoms with Crippen LogP contribution in [-0.4, -0.2) is 24.9 Å². The average Bonchev–Trinajstić information content (AvgIpc) is 2.40. The van der Waals surface area contributed by atoms with Crippen molar-refractivity contribution in [1.82, 2.24) is 5.32 Å². The first-order valence-electron chi connectivity index (χ1n) is 7.22. The summed E-state index contributed by atoms with van der Waals surface area (Å²) in [6, 6.07) is 5.19. The Labute approximate surface area is 120 Å². The van der Waals surface area contributed by atoms with Gasteiger partial charge in [0.1, 0.15) is 6.10 Å². The van der Waals surface area contributed by atoms with Crippen molar-refractivity contribution in [2.24, 2.45) is 0 Å². The SMILES string of the molecule is CC(C)(C)NCc1ccc(OC2CCOCC2)c(F)c1. The maximum atomic E-state index is 14.0. The van der Waals surface area contributed by atoms with E-state index in [1.165, 1.54) is 0 Å². The number of hydrogen-bond donors (Lipinski definition) is 1. The lowest BCUT2D eigenvalue weighted by molar-refractivity contribution is 0.0240. The van der Waals surface area contributed by atoms with Gasteiger partial charge < -0.3 is 14.8 Å². The van der Waals surface area contributed by atoms with Gasteiger partial charge in [0.25, 0.3) is 0 Å². The summed E-state index contributed by atoms with van der Waals surface area (Å²) in [5.41, 5.74) is 0.949. The minimum Gasteiger partial charge on any atom is -0.487 e. The second kappa shape index (κ2) is 6.55. The highest BCUT2D eigenvalue weighted by atomic mass is 19.1. The Morgan fingerprint density at radius 2 is 2.00 bits per heavy atom. The average molecular weight is 281 g/mol. The molecule has 0 amide bonds. The lowest BCUT2D eigenvalue weighted by atomic mass is 10.1. The smallest absolute Gasteiger partial charge is 0.165 e. The highest BCUT2D eigenvalue weighted by Crippen LogP contribution is 2.22. The summed E-state index contributed by atoms with van der Waals surface area (Å²) < 4.78 is 25.0. The van der Waals surface area contributed by atoms with Crippen molar-refractivity contribution in [2.45, 2.75) is 51.8 Å². The maximum Gasteiger partial charge on any atom is 0.165 e. The maximum absolute atomic E-state index is 14.0. The molecule has 0 bridgehead atoms. The van der Waals surface area contributed by atoms with E-state index >= 15 is 0 Å². The van der Waals surface area contributed by atoms with Crippen LogP contribution in [0.25, 0.3) is 0 Å². The predicted molar refractivity (Wildman–Crippen MR) is 77.5 cm³/mol. The molecule has 0 spiro atoms. The van der Waals surface area contributed by atoms with Crippen LogP contribution >= 0.6 is 0 Å². The molecule has 1 aromatic rings. The molecule has 0 atom stereocenters. The molecule has 0 aliphatic carbocycles. The van der Waals surface area contributed by atoms with E-state index in [-0.39, 0.29) is 17.5 Å². The van der Waals surface area contributed by atoms with Crippen molar-refractivity contribution in [3.8, 4) is 5.75 Å². The number of hydrogen-bond acceptors (Lipinski definition) is 3. The van der Waals surface area contributed by atoms with Gasteiger partial charge in [-0.05, 0) is 38.5 Å². The van der Waals surface area contributed by atoms with Crippen LogP contribution in [-0.2, 0) is 11.3 Å². The van der Waals surface area contributed by atoms with Gasteiger partial charge >= 0.3 is 0 Å². The lowest BCUT2D eigenvalue weighted by Gasteiger charge is -2.24. The molecule has 3 nitrogen and oxygen atoms in total. The Hall–Kier alpha value is -1.13.